The second-order valence-corrected chi connectivity index (χ2v) is 7.58. The van der Waals surface area contributed by atoms with Gasteiger partial charge in [-0.3, -0.25) is 4.79 Å². The van der Waals surface area contributed by atoms with E-state index < -0.39 is 11.6 Å². The van der Waals surface area contributed by atoms with Crippen LogP contribution in [0.1, 0.15) is 24.3 Å². The molecule has 0 radical (unpaired) electrons. The van der Waals surface area contributed by atoms with E-state index >= 15 is 0 Å². The number of fused-ring (bicyclic) bond motifs is 1. The molecule has 29 heavy (non-hydrogen) atoms. The van der Waals surface area contributed by atoms with Crippen LogP contribution in [0, 0.1) is 23.4 Å². The van der Waals surface area contributed by atoms with Gasteiger partial charge in [0.25, 0.3) is 0 Å². The minimum Gasteiger partial charge on any atom is -0.395 e. The largest absolute Gasteiger partial charge is 0.395 e. The molecule has 4 nitrogen and oxygen atoms in total. The minimum atomic E-state index is -0.691. The van der Waals surface area contributed by atoms with Gasteiger partial charge in [-0.15, -0.1) is 0 Å². The Labute approximate surface area is 166 Å². The van der Waals surface area contributed by atoms with Crippen LogP contribution >= 0.6 is 0 Å². The van der Waals surface area contributed by atoms with Gasteiger partial charge in [-0.2, -0.15) is 0 Å². The quantitative estimate of drug-likeness (QED) is 0.672. The number of amides is 1. The van der Waals surface area contributed by atoms with Gasteiger partial charge in [-0.1, -0.05) is 0 Å². The Morgan fingerprint density at radius 2 is 1.83 bits per heavy atom. The van der Waals surface area contributed by atoms with E-state index in [9.17, 15) is 18.0 Å². The fraction of sp³-hybridized carbons (Fsp3) is 0.318. The van der Waals surface area contributed by atoms with Crippen molar-refractivity contribution in [3.63, 3.8) is 0 Å². The predicted molar refractivity (Wildman–Crippen MR) is 104 cm³/mol. The SMILES string of the molecule is CN(CCO)C(=O)C1CC(c2c(-c3ccc(F)cc3)[nH]c3c(F)cc(F)cc23)C1. The fourth-order valence-electron chi connectivity index (χ4n) is 4.14. The second-order valence-electron chi connectivity index (χ2n) is 7.58. The van der Waals surface area contributed by atoms with Crippen LogP contribution < -0.4 is 0 Å². The van der Waals surface area contributed by atoms with Crippen molar-refractivity contribution in [3.8, 4) is 11.3 Å². The predicted octanol–water partition coefficient (Wildman–Crippen LogP) is 4.20. The third-order valence-corrected chi connectivity index (χ3v) is 5.70. The number of benzene rings is 2. The van der Waals surface area contributed by atoms with Crippen LogP contribution in [0.15, 0.2) is 36.4 Å². The lowest BCUT2D eigenvalue weighted by molar-refractivity contribution is -0.137. The Hall–Kier alpha value is -2.80. The second kappa shape index (κ2) is 7.55. The number of carbonyl (C=O) groups is 1. The van der Waals surface area contributed by atoms with E-state index in [-0.39, 0.29) is 42.2 Å². The molecule has 3 aromatic rings. The number of H-pyrrole nitrogens is 1. The maximum Gasteiger partial charge on any atom is 0.225 e. The number of nitrogens with one attached hydrogen (secondary N) is 1. The number of rotatable bonds is 5. The van der Waals surface area contributed by atoms with E-state index in [1.165, 1.54) is 23.1 Å². The third kappa shape index (κ3) is 3.51. The number of aromatic amines is 1. The van der Waals surface area contributed by atoms with Gasteiger partial charge in [0.15, 0.2) is 0 Å². The summed E-state index contributed by atoms with van der Waals surface area (Å²) in [4.78, 5) is 17.0. The summed E-state index contributed by atoms with van der Waals surface area (Å²) in [7, 11) is 1.65. The Balaban J connectivity index is 1.72. The number of hydrogen-bond donors (Lipinski definition) is 2. The van der Waals surface area contributed by atoms with E-state index in [0.29, 0.717) is 29.5 Å². The summed E-state index contributed by atoms with van der Waals surface area (Å²) in [5, 5.41) is 9.46. The summed E-state index contributed by atoms with van der Waals surface area (Å²) in [6.45, 7) is 0.165. The Kier molecular flexibility index (Phi) is 5.08. The lowest BCUT2D eigenvalue weighted by Crippen LogP contribution is -2.40. The zero-order chi connectivity index (χ0) is 20.7. The van der Waals surface area contributed by atoms with Gasteiger partial charge in [-0.05, 0) is 60.2 Å². The molecule has 1 fully saturated rings. The summed E-state index contributed by atoms with van der Waals surface area (Å²) in [6, 6.07) is 7.94. The molecule has 4 rings (SSSR count). The molecule has 0 atom stereocenters. The van der Waals surface area contributed by atoms with Crippen LogP contribution in [-0.4, -0.2) is 41.1 Å². The van der Waals surface area contributed by atoms with Crippen LogP contribution in [0.4, 0.5) is 13.2 Å². The van der Waals surface area contributed by atoms with Gasteiger partial charge in [0, 0.05) is 31.0 Å². The van der Waals surface area contributed by atoms with E-state index in [1.54, 1.807) is 19.2 Å². The molecule has 152 valence electrons. The molecule has 1 saturated carbocycles. The Bertz CT molecular complexity index is 1060. The monoisotopic (exact) mass is 402 g/mol. The normalized spacial score (nSPS) is 18.7. The number of nitrogens with zero attached hydrogens (tertiary/aromatic N) is 1. The number of likely N-dealkylation sites (N-methyl/N-ethyl adjacent to an activating group) is 1. The average Bonchev–Trinajstić information content (AvgIpc) is 3.01. The molecular formula is C22H21F3N2O2. The molecule has 0 aliphatic heterocycles. The maximum absolute atomic E-state index is 14.4. The van der Waals surface area contributed by atoms with Crippen molar-refractivity contribution in [1.82, 2.24) is 9.88 Å². The van der Waals surface area contributed by atoms with Crippen LogP contribution in [0.2, 0.25) is 0 Å². The summed E-state index contributed by atoms with van der Waals surface area (Å²) in [6.07, 6.45) is 1.10. The molecule has 0 saturated heterocycles. The first-order chi connectivity index (χ1) is 13.9. The van der Waals surface area contributed by atoms with Crippen molar-refractivity contribution in [2.75, 3.05) is 20.2 Å². The van der Waals surface area contributed by atoms with Crippen molar-refractivity contribution in [2.24, 2.45) is 5.92 Å². The Morgan fingerprint density at radius 3 is 2.48 bits per heavy atom. The molecular weight excluding hydrogens is 381 g/mol. The molecule has 2 N–H and O–H groups in total. The molecule has 1 amide bonds. The fourth-order valence-corrected chi connectivity index (χ4v) is 4.14. The van der Waals surface area contributed by atoms with Gasteiger partial charge in [0.2, 0.25) is 5.91 Å². The maximum atomic E-state index is 14.4. The first-order valence-electron chi connectivity index (χ1n) is 9.51. The molecule has 1 heterocycles. The lowest BCUT2D eigenvalue weighted by Gasteiger charge is -2.37. The molecule has 2 aromatic carbocycles. The molecule has 1 aliphatic carbocycles. The molecule has 0 bridgehead atoms. The summed E-state index contributed by atoms with van der Waals surface area (Å²) >= 11 is 0. The minimum absolute atomic E-state index is 0.0455. The van der Waals surface area contributed by atoms with Gasteiger partial charge >= 0.3 is 0 Å². The highest BCUT2D eigenvalue weighted by Gasteiger charge is 2.39. The molecule has 0 unspecified atom stereocenters. The highest BCUT2D eigenvalue weighted by atomic mass is 19.1. The van der Waals surface area contributed by atoms with Gasteiger partial charge in [-0.25, -0.2) is 13.2 Å². The number of aliphatic hydroxyl groups is 1. The van der Waals surface area contributed by atoms with Crippen LogP contribution in [0.5, 0.6) is 0 Å². The van der Waals surface area contributed by atoms with Gasteiger partial charge in [0.05, 0.1) is 17.8 Å². The van der Waals surface area contributed by atoms with Crippen LogP contribution in [0.3, 0.4) is 0 Å². The standard InChI is InChI=1S/C22H21F3N2O2/c1-27(6-7-28)22(29)14-8-13(9-14)19-17-10-16(24)11-18(25)21(17)26-20(19)12-2-4-15(23)5-3-12/h2-5,10-11,13-14,26,28H,6-9H2,1H3. The zero-order valence-electron chi connectivity index (χ0n) is 15.9. The number of aliphatic hydroxyl groups excluding tert-OH is 1. The first-order valence-corrected chi connectivity index (χ1v) is 9.51. The number of carbonyl (C=O) groups excluding carboxylic acids is 1. The molecule has 0 spiro atoms. The van der Waals surface area contributed by atoms with Crippen LogP contribution in [0.25, 0.3) is 22.2 Å². The van der Waals surface area contributed by atoms with Gasteiger partial charge < -0.3 is 15.0 Å². The van der Waals surface area contributed by atoms with Gasteiger partial charge in [0.1, 0.15) is 17.5 Å². The smallest absolute Gasteiger partial charge is 0.225 e. The molecule has 7 heteroatoms. The summed E-state index contributed by atoms with van der Waals surface area (Å²) in [5.74, 6) is -2.04. The molecule has 1 aromatic heterocycles. The topological polar surface area (TPSA) is 56.3 Å². The lowest BCUT2D eigenvalue weighted by atomic mass is 9.69. The number of halogens is 3. The number of aromatic nitrogens is 1. The van der Waals surface area contributed by atoms with Crippen molar-refractivity contribution in [3.05, 3.63) is 59.4 Å². The van der Waals surface area contributed by atoms with Crippen molar-refractivity contribution < 1.29 is 23.1 Å². The number of hydrogen-bond acceptors (Lipinski definition) is 2. The third-order valence-electron chi connectivity index (χ3n) is 5.70. The highest BCUT2D eigenvalue weighted by molar-refractivity contribution is 5.92. The van der Waals surface area contributed by atoms with E-state index in [4.69, 9.17) is 5.11 Å². The summed E-state index contributed by atoms with van der Waals surface area (Å²) in [5.41, 5.74) is 2.24. The van der Waals surface area contributed by atoms with E-state index in [0.717, 1.165) is 11.6 Å². The van der Waals surface area contributed by atoms with Crippen molar-refractivity contribution >= 4 is 16.8 Å². The summed E-state index contributed by atoms with van der Waals surface area (Å²) < 4.78 is 41.7. The van der Waals surface area contributed by atoms with Crippen molar-refractivity contribution in [2.45, 2.75) is 18.8 Å². The van der Waals surface area contributed by atoms with Crippen molar-refractivity contribution in [1.29, 1.82) is 0 Å². The average molecular weight is 402 g/mol. The highest BCUT2D eigenvalue weighted by Crippen LogP contribution is 2.48. The van der Waals surface area contributed by atoms with E-state index in [1.807, 2.05) is 0 Å². The zero-order valence-corrected chi connectivity index (χ0v) is 15.9. The molecule has 1 aliphatic rings. The van der Waals surface area contributed by atoms with Crippen LogP contribution in [-0.2, 0) is 4.79 Å². The Morgan fingerprint density at radius 1 is 1.14 bits per heavy atom. The first kappa shape index (κ1) is 19.5. The van der Waals surface area contributed by atoms with E-state index in [2.05, 4.69) is 4.98 Å².